The largest absolute Gasteiger partial charge is 0.478 e. The Balaban J connectivity index is 2.45. The van der Waals surface area contributed by atoms with Crippen molar-refractivity contribution in [1.29, 1.82) is 0 Å². The number of carboxylic acid groups (broad SMARTS) is 1. The standard InChI is InChI=1S/C17H28N2O6/c1-16(2)10-12(11-17(3,4)19(16)24)18-25-15(23)7-5-6-13(20)8-9-14(21)22/h8-9,13,20,24H,5-7,10-11H2,1-4H3,(H,21,22)/b9-8+. The van der Waals surface area contributed by atoms with Crippen LogP contribution < -0.4 is 0 Å². The van der Waals surface area contributed by atoms with Crippen molar-refractivity contribution in [3.05, 3.63) is 12.2 Å². The van der Waals surface area contributed by atoms with E-state index >= 15 is 0 Å². The number of piperidine rings is 1. The lowest BCUT2D eigenvalue weighted by molar-refractivity contribution is -0.226. The Morgan fingerprint density at radius 3 is 2.36 bits per heavy atom. The van der Waals surface area contributed by atoms with Crippen molar-refractivity contribution in [3.8, 4) is 0 Å². The molecule has 1 rings (SSSR count). The number of nitrogens with zero attached hydrogens (tertiary/aromatic N) is 2. The predicted molar refractivity (Wildman–Crippen MR) is 91.2 cm³/mol. The van der Waals surface area contributed by atoms with Crippen LogP contribution in [-0.4, -0.2) is 55.3 Å². The van der Waals surface area contributed by atoms with E-state index in [9.17, 15) is 19.9 Å². The Kier molecular flexibility index (Phi) is 7.28. The summed E-state index contributed by atoms with van der Waals surface area (Å²) in [4.78, 5) is 27.0. The third kappa shape index (κ3) is 6.93. The lowest BCUT2D eigenvalue weighted by Crippen LogP contribution is -2.59. The molecule has 0 aliphatic carbocycles. The zero-order valence-corrected chi connectivity index (χ0v) is 15.2. The van der Waals surface area contributed by atoms with Gasteiger partial charge in [0.05, 0.1) is 11.8 Å². The number of hydrogen-bond donors (Lipinski definition) is 3. The quantitative estimate of drug-likeness (QED) is 0.363. The molecule has 8 heteroatoms. The molecular formula is C17H28N2O6. The zero-order valence-electron chi connectivity index (χ0n) is 15.2. The van der Waals surface area contributed by atoms with Crippen molar-refractivity contribution in [2.24, 2.45) is 5.16 Å². The van der Waals surface area contributed by atoms with Crippen LogP contribution >= 0.6 is 0 Å². The van der Waals surface area contributed by atoms with E-state index in [0.29, 0.717) is 25.0 Å². The number of rotatable bonds is 7. The minimum atomic E-state index is -1.13. The average molecular weight is 356 g/mol. The summed E-state index contributed by atoms with van der Waals surface area (Å²) in [7, 11) is 0. The number of oxime groups is 1. The van der Waals surface area contributed by atoms with Crippen LogP contribution in [-0.2, 0) is 14.4 Å². The van der Waals surface area contributed by atoms with E-state index in [1.807, 2.05) is 27.7 Å². The highest BCUT2D eigenvalue weighted by Crippen LogP contribution is 2.35. The van der Waals surface area contributed by atoms with Gasteiger partial charge in [-0.3, -0.25) is 0 Å². The van der Waals surface area contributed by atoms with Crippen LogP contribution in [0.15, 0.2) is 17.3 Å². The molecule has 1 aliphatic rings. The molecule has 142 valence electrons. The summed E-state index contributed by atoms with van der Waals surface area (Å²) in [5, 5.41) is 33.4. The molecule has 1 fully saturated rings. The van der Waals surface area contributed by atoms with Gasteiger partial charge in [-0.1, -0.05) is 5.16 Å². The second kappa shape index (κ2) is 8.55. The van der Waals surface area contributed by atoms with Gasteiger partial charge in [0.1, 0.15) is 0 Å². The van der Waals surface area contributed by atoms with E-state index in [2.05, 4.69) is 5.16 Å². The number of aliphatic hydroxyl groups excluding tert-OH is 1. The first-order chi connectivity index (χ1) is 11.4. The summed E-state index contributed by atoms with van der Waals surface area (Å²) in [5.74, 6) is -1.64. The van der Waals surface area contributed by atoms with Gasteiger partial charge in [-0.2, -0.15) is 5.06 Å². The fourth-order valence-corrected chi connectivity index (χ4v) is 3.00. The van der Waals surface area contributed by atoms with Crippen LogP contribution in [0.2, 0.25) is 0 Å². The van der Waals surface area contributed by atoms with Gasteiger partial charge in [-0.15, -0.1) is 0 Å². The van der Waals surface area contributed by atoms with Crippen molar-refractivity contribution in [2.75, 3.05) is 0 Å². The smallest absolute Gasteiger partial charge is 0.335 e. The monoisotopic (exact) mass is 356 g/mol. The molecule has 0 bridgehead atoms. The van der Waals surface area contributed by atoms with Gasteiger partial charge in [-0.25, -0.2) is 9.59 Å². The number of aliphatic hydroxyl groups is 1. The second-order valence-electron chi connectivity index (χ2n) is 7.57. The first-order valence-corrected chi connectivity index (χ1v) is 8.28. The van der Waals surface area contributed by atoms with Gasteiger partial charge < -0.3 is 20.3 Å². The van der Waals surface area contributed by atoms with Gasteiger partial charge >= 0.3 is 11.9 Å². The summed E-state index contributed by atoms with van der Waals surface area (Å²) < 4.78 is 0. The Bertz CT molecular complexity index is 533. The van der Waals surface area contributed by atoms with Gasteiger partial charge in [0.15, 0.2) is 0 Å². The Labute approximate surface area is 147 Å². The molecule has 3 N–H and O–H groups in total. The summed E-state index contributed by atoms with van der Waals surface area (Å²) in [6, 6.07) is 0. The van der Waals surface area contributed by atoms with Crippen molar-refractivity contribution in [3.63, 3.8) is 0 Å². The second-order valence-corrected chi connectivity index (χ2v) is 7.57. The van der Waals surface area contributed by atoms with Crippen LogP contribution in [0.25, 0.3) is 0 Å². The molecule has 1 unspecified atom stereocenters. The third-order valence-corrected chi connectivity index (χ3v) is 4.04. The van der Waals surface area contributed by atoms with Crippen molar-refractivity contribution >= 4 is 17.7 Å². The summed E-state index contributed by atoms with van der Waals surface area (Å²) in [6.07, 6.45) is 2.79. The molecule has 0 aromatic heterocycles. The number of carboxylic acids is 1. The van der Waals surface area contributed by atoms with Gasteiger partial charge in [0.2, 0.25) is 0 Å². The van der Waals surface area contributed by atoms with Crippen LogP contribution in [0.4, 0.5) is 0 Å². The molecule has 0 aromatic carbocycles. The average Bonchev–Trinajstić information content (AvgIpc) is 2.48. The van der Waals surface area contributed by atoms with Crippen LogP contribution in [0.5, 0.6) is 0 Å². The highest BCUT2D eigenvalue weighted by molar-refractivity contribution is 5.87. The van der Waals surface area contributed by atoms with Gasteiger partial charge in [0, 0.05) is 36.4 Å². The first kappa shape index (κ1) is 21.3. The maximum Gasteiger partial charge on any atom is 0.335 e. The summed E-state index contributed by atoms with van der Waals surface area (Å²) in [6.45, 7) is 7.54. The maximum atomic E-state index is 11.7. The van der Waals surface area contributed by atoms with Crippen LogP contribution in [0.1, 0.15) is 59.8 Å². The minimum Gasteiger partial charge on any atom is -0.478 e. The third-order valence-electron chi connectivity index (χ3n) is 4.04. The number of hydroxylamine groups is 2. The number of aliphatic carboxylic acids is 1. The summed E-state index contributed by atoms with van der Waals surface area (Å²) >= 11 is 0. The number of carbonyl (C=O) groups is 2. The summed E-state index contributed by atoms with van der Waals surface area (Å²) in [5.41, 5.74) is -0.306. The minimum absolute atomic E-state index is 0.0770. The Hall–Kier alpha value is -1.77. The molecule has 1 atom stereocenters. The lowest BCUT2D eigenvalue weighted by atomic mass is 9.81. The molecule has 1 heterocycles. The van der Waals surface area contributed by atoms with Crippen molar-refractivity contribution < 1.29 is 29.8 Å². The molecule has 0 radical (unpaired) electrons. The molecule has 0 amide bonds. The topological polar surface area (TPSA) is 120 Å². The maximum absolute atomic E-state index is 11.7. The fourth-order valence-electron chi connectivity index (χ4n) is 3.00. The molecule has 25 heavy (non-hydrogen) atoms. The molecule has 0 saturated carbocycles. The molecule has 0 aromatic rings. The van der Waals surface area contributed by atoms with E-state index in [4.69, 9.17) is 9.94 Å². The normalized spacial score (nSPS) is 21.1. The van der Waals surface area contributed by atoms with Gasteiger partial charge in [-0.05, 0) is 46.6 Å². The SMILES string of the molecule is CC1(C)CC(=NOC(=O)CCCC(O)/C=C/C(=O)O)CC(C)(C)N1O. The molecule has 1 saturated heterocycles. The number of hydrogen-bond acceptors (Lipinski definition) is 7. The lowest BCUT2D eigenvalue weighted by Gasteiger charge is -2.48. The van der Waals surface area contributed by atoms with Crippen molar-refractivity contribution in [1.82, 2.24) is 5.06 Å². The zero-order chi connectivity index (χ0) is 19.3. The van der Waals surface area contributed by atoms with Crippen LogP contribution in [0.3, 0.4) is 0 Å². The highest BCUT2D eigenvalue weighted by atomic mass is 16.7. The van der Waals surface area contributed by atoms with E-state index in [-0.39, 0.29) is 12.8 Å². The predicted octanol–water partition coefficient (Wildman–Crippen LogP) is 2.10. The molecule has 8 nitrogen and oxygen atoms in total. The molecule has 0 spiro atoms. The highest BCUT2D eigenvalue weighted by Gasteiger charge is 2.43. The van der Waals surface area contributed by atoms with Crippen molar-refractivity contribution in [2.45, 2.75) is 77.0 Å². The first-order valence-electron chi connectivity index (χ1n) is 8.28. The van der Waals surface area contributed by atoms with E-state index in [1.54, 1.807) is 0 Å². The molecular weight excluding hydrogens is 328 g/mol. The van der Waals surface area contributed by atoms with E-state index in [0.717, 1.165) is 6.08 Å². The Morgan fingerprint density at radius 2 is 1.84 bits per heavy atom. The van der Waals surface area contributed by atoms with Crippen LogP contribution in [0, 0.1) is 0 Å². The number of carbonyl (C=O) groups excluding carboxylic acids is 1. The van der Waals surface area contributed by atoms with Gasteiger partial charge in [0.25, 0.3) is 0 Å². The molecule has 1 aliphatic heterocycles. The van der Waals surface area contributed by atoms with E-state index in [1.165, 1.54) is 11.1 Å². The van der Waals surface area contributed by atoms with E-state index < -0.39 is 29.1 Å². The fraction of sp³-hybridized carbons (Fsp3) is 0.706. The Morgan fingerprint density at radius 1 is 1.28 bits per heavy atom.